The molecule has 0 saturated carbocycles. The highest BCUT2D eigenvalue weighted by Gasteiger charge is 2.22. The molecule has 0 unspecified atom stereocenters. The molecule has 0 spiro atoms. The first kappa shape index (κ1) is 19.7. The van der Waals surface area contributed by atoms with Crippen LogP contribution in [0, 0.1) is 0 Å². The first-order valence-corrected chi connectivity index (χ1v) is 7.75. The zero-order chi connectivity index (χ0) is 18.3. The number of aromatic nitrogens is 2. The fourth-order valence-corrected chi connectivity index (χ4v) is 1.80. The van der Waals surface area contributed by atoms with Gasteiger partial charge in [0, 0.05) is 19.3 Å². The molecule has 1 aromatic rings. The normalized spacial score (nSPS) is 12.8. The molecule has 0 N–H and O–H groups in total. The summed E-state index contributed by atoms with van der Waals surface area (Å²) in [6.07, 6.45) is 5.75. The molecule has 1 rings (SSSR count). The Morgan fingerprint density at radius 1 is 1.33 bits per heavy atom. The quantitative estimate of drug-likeness (QED) is 0.794. The van der Waals surface area contributed by atoms with E-state index in [0.29, 0.717) is 12.3 Å². The largest absolute Gasteiger partial charge is 0.480 e. The number of hydrogen-bond acceptors (Lipinski definition) is 6. The molecule has 0 saturated heterocycles. The predicted octanol–water partition coefficient (Wildman–Crippen LogP) is 3.15. The lowest BCUT2D eigenvalue weighted by Gasteiger charge is -2.28. The lowest BCUT2D eigenvalue weighted by atomic mass is 10.2. The van der Waals surface area contributed by atoms with Crippen LogP contribution in [0.15, 0.2) is 12.3 Å². The number of amides is 1. The van der Waals surface area contributed by atoms with Crippen LogP contribution in [0.5, 0.6) is 11.9 Å². The Bertz CT molecular complexity index is 582. The van der Waals surface area contributed by atoms with Crippen LogP contribution < -0.4 is 9.47 Å². The summed E-state index contributed by atoms with van der Waals surface area (Å²) >= 11 is 0. The summed E-state index contributed by atoms with van der Waals surface area (Å²) in [6, 6.07) is 0.239. The highest BCUT2D eigenvalue weighted by atomic mass is 16.6. The average Bonchev–Trinajstić information content (AvgIpc) is 2.52. The number of hydrogen-bond donors (Lipinski definition) is 0. The van der Waals surface area contributed by atoms with E-state index >= 15 is 0 Å². The Morgan fingerprint density at radius 3 is 2.54 bits per heavy atom. The SMILES string of the molecule is COc1ncc(/C=C\C[C@H](C)N(C)C(=O)OC(C)(C)C)c(OC)n1. The van der Waals surface area contributed by atoms with Crippen molar-refractivity contribution in [3.05, 3.63) is 17.8 Å². The summed E-state index contributed by atoms with van der Waals surface area (Å²) in [4.78, 5) is 21.8. The van der Waals surface area contributed by atoms with Crippen molar-refractivity contribution in [2.75, 3.05) is 21.3 Å². The van der Waals surface area contributed by atoms with Crippen molar-refractivity contribution in [1.29, 1.82) is 0 Å². The van der Waals surface area contributed by atoms with Crippen molar-refractivity contribution in [2.24, 2.45) is 0 Å². The molecule has 0 aliphatic rings. The topological polar surface area (TPSA) is 73.8 Å². The van der Waals surface area contributed by atoms with Gasteiger partial charge in [-0.25, -0.2) is 9.78 Å². The summed E-state index contributed by atoms with van der Waals surface area (Å²) in [6.45, 7) is 7.49. The molecule has 0 aliphatic heterocycles. The fourth-order valence-electron chi connectivity index (χ4n) is 1.80. The molecule has 24 heavy (non-hydrogen) atoms. The molecule has 0 fully saturated rings. The first-order valence-electron chi connectivity index (χ1n) is 7.75. The lowest BCUT2D eigenvalue weighted by molar-refractivity contribution is 0.0238. The molecule has 1 heterocycles. The second-order valence-corrected chi connectivity index (χ2v) is 6.40. The van der Waals surface area contributed by atoms with E-state index in [1.54, 1.807) is 18.1 Å². The van der Waals surface area contributed by atoms with Gasteiger partial charge in [-0.05, 0) is 34.1 Å². The van der Waals surface area contributed by atoms with Gasteiger partial charge in [-0.2, -0.15) is 4.98 Å². The zero-order valence-corrected chi connectivity index (χ0v) is 15.5. The third-order valence-corrected chi connectivity index (χ3v) is 3.25. The molecular formula is C17H27N3O4. The number of nitrogens with zero attached hydrogens (tertiary/aromatic N) is 3. The number of rotatable bonds is 6. The van der Waals surface area contributed by atoms with Crippen molar-refractivity contribution in [1.82, 2.24) is 14.9 Å². The highest BCUT2D eigenvalue weighted by Crippen LogP contribution is 2.19. The Balaban J connectivity index is 2.68. The molecule has 1 amide bonds. The van der Waals surface area contributed by atoms with Gasteiger partial charge in [-0.1, -0.05) is 12.2 Å². The van der Waals surface area contributed by atoms with Gasteiger partial charge in [0.1, 0.15) is 5.60 Å². The highest BCUT2D eigenvalue weighted by molar-refractivity contribution is 5.68. The molecule has 7 heteroatoms. The van der Waals surface area contributed by atoms with Gasteiger partial charge in [0.15, 0.2) is 0 Å². The van der Waals surface area contributed by atoms with E-state index in [2.05, 4.69) is 9.97 Å². The van der Waals surface area contributed by atoms with Crippen LogP contribution >= 0.6 is 0 Å². The van der Waals surface area contributed by atoms with Crippen molar-refractivity contribution in [2.45, 2.75) is 45.8 Å². The Hall–Kier alpha value is -2.31. The first-order chi connectivity index (χ1) is 11.2. The molecule has 7 nitrogen and oxygen atoms in total. The number of carbonyl (C=O) groups is 1. The maximum Gasteiger partial charge on any atom is 0.410 e. The fraction of sp³-hybridized carbons (Fsp3) is 0.588. The smallest absolute Gasteiger partial charge is 0.410 e. The van der Waals surface area contributed by atoms with Crippen molar-refractivity contribution >= 4 is 12.2 Å². The summed E-state index contributed by atoms with van der Waals surface area (Å²) in [7, 11) is 4.76. The van der Waals surface area contributed by atoms with Crippen LogP contribution in [0.25, 0.3) is 6.08 Å². The van der Waals surface area contributed by atoms with E-state index in [1.165, 1.54) is 14.2 Å². The summed E-state index contributed by atoms with van der Waals surface area (Å²) in [5.41, 5.74) is 0.236. The molecule has 0 bridgehead atoms. The monoisotopic (exact) mass is 337 g/mol. The van der Waals surface area contributed by atoms with Crippen molar-refractivity contribution < 1.29 is 19.0 Å². The molecule has 134 valence electrons. The third-order valence-electron chi connectivity index (χ3n) is 3.25. The van der Waals surface area contributed by atoms with Gasteiger partial charge in [-0.3, -0.25) is 0 Å². The van der Waals surface area contributed by atoms with E-state index in [0.717, 1.165) is 5.56 Å². The average molecular weight is 337 g/mol. The van der Waals surface area contributed by atoms with E-state index in [1.807, 2.05) is 39.8 Å². The van der Waals surface area contributed by atoms with E-state index in [4.69, 9.17) is 14.2 Å². The van der Waals surface area contributed by atoms with Crippen LogP contribution in [0.4, 0.5) is 4.79 Å². The van der Waals surface area contributed by atoms with Gasteiger partial charge < -0.3 is 19.1 Å². The van der Waals surface area contributed by atoms with Gasteiger partial charge in [0.05, 0.1) is 19.8 Å². The Morgan fingerprint density at radius 2 is 2.00 bits per heavy atom. The van der Waals surface area contributed by atoms with Gasteiger partial charge in [-0.15, -0.1) is 0 Å². The van der Waals surface area contributed by atoms with Crippen LogP contribution in [0.2, 0.25) is 0 Å². The molecule has 0 aromatic carbocycles. The van der Waals surface area contributed by atoms with Gasteiger partial charge in [0.2, 0.25) is 5.88 Å². The van der Waals surface area contributed by atoms with E-state index in [-0.39, 0.29) is 18.1 Å². The van der Waals surface area contributed by atoms with Crippen molar-refractivity contribution in [3.8, 4) is 11.9 Å². The Labute approximate surface area is 143 Å². The second-order valence-electron chi connectivity index (χ2n) is 6.40. The Kier molecular flexibility index (Phi) is 7.00. The van der Waals surface area contributed by atoms with Gasteiger partial charge in [0.25, 0.3) is 0 Å². The van der Waals surface area contributed by atoms with Crippen LogP contribution in [0.1, 0.15) is 39.7 Å². The zero-order valence-electron chi connectivity index (χ0n) is 15.5. The maximum absolute atomic E-state index is 12.0. The van der Waals surface area contributed by atoms with Crippen LogP contribution in [-0.2, 0) is 4.74 Å². The predicted molar refractivity (Wildman–Crippen MR) is 92.2 cm³/mol. The van der Waals surface area contributed by atoms with Crippen LogP contribution in [0.3, 0.4) is 0 Å². The molecule has 0 radical (unpaired) electrons. The number of methoxy groups -OCH3 is 2. The van der Waals surface area contributed by atoms with E-state index < -0.39 is 5.60 Å². The third kappa shape index (κ3) is 6.06. The molecule has 1 aromatic heterocycles. The molecule has 0 aliphatic carbocycles. The van der Waals surface area contributed by atoms with Crippen LogP contribution in [-0.4, -0.2) is 53.9 Å². The summed E-state index contributed by atoms with van der Waals surface area (Å²) in [5.74, 6) is 0.436. The van der Waals surface area contributed by atoms with Crippen molar-refractivity contribution in [3.63, 3.8) is 0 Å². The minimum Gasteiger partial charge on any atom is -0.480 e. The summed E-state index contributed by atoms with van der Waals surface area (Å²) in [5, 5.41) is 0. The summed E-state index contributed by atoms with van der Waals surface area (Å²) < 4.78 is 15.5. The minimum atomic E-state index is -0.505. The standard InChI is InChI=1S/C17H27N3O4/c1-12(20(5)16(21)24-17(2,3)4)9-8-10-13-11-18-15(23-7)19-14(13)22-6/h8,10-12H,9H2,1-7H3/b10-8-/t12-/m0/s1. The van der Waals surface area contributed by atoms with Gasteiger partial charge >= 0.3 is 12.1 Å². The van der Waals surface area contributed by atoms with E-state index in [9.17, 15) is 4.79 Å². The number of ether oxygens (including phenoxy) is 3. The number of carbonyl (C=O) groups excluding carboxylic acids is 1. The minimum absolute atomic E-state index is 0.0127. The lowest BCUT2D eigenvalue weighted by Crippen LogP contribution is -2.39. The molecular weight excluding hydrogens is 310 g/mol. The second kappa shape index (κ2) is 8.52. The maximum atomic E-state index is 12.0. The molecule has 1 atom stereocenters.